The maximum atomic E-state index is 11.9. The van der Waals surface area contributed by atoms with Crippen LogP contribution in [0.3, 0.4) is 0 Å². The Labute approximate surface area is 99.5 Å². The van der Waals surface area contributed by atoms with Crippen molar-refractivity contribution in [1.29, 1.82) is 0 Å². The smallest absolute Gasteiger partial charge is 0.330 e. The van der Waals surface area contributed by atoms with Gasteiger partial charge in [-0.05, 0) is 6.42 Å². The SMILES string of the molecule is C=CC(=O)OCCNC(=O)C12C=CC(C1)OC2. The van der Waals surface area contributed by atoms with Crippen LogP contribution in [0, 0.1) is 5.41 Å². The summed E-state index contributed by atoms with van der Waals surface area (Å²) in [6.07, 6.45) is 5.72. The van der Waals surface area contributed by atoms with Gasteiger partial charge in [-0.3, -0.25) is 4.79 Å². The first kappa shape index (κ1) is 11.9. The van der Waals surface area contributed by atoms with Crippen molar-refractivity contribution in [2.75, 3.05) is 19.8 Å². The average Bonchev–Trinajstić information content (AvgIpc) is 2.95. The molecule has 0 saturated carbocycles. The highest BCUT2D eigenvalue weighted by Gasteiger charge is 2.47. The average molecular weight is 237 g/mol. The molecule has 0 spiro atoms. The van der Waals surface area contributed by atoms with Gasteiger partial charge in [0.2, 0.25) is 5.91 Å². The van der Waals surface area contributed by atoms with Gasteiger partial charge in [-0.25, -0.2) is 4.79 Å². The van der Waals surface area contributed by atoms with Crippen molar-refractivity contribution in [3.63, 3.8) is 0 Å². The summed E-state index contributed by atoms with van der Waals surface area (Å²) in [7, 11) is 0. The Morgan fingerprint density at radius 3 is 3.00 bits per heavy atom. The molecule has 2 bridgehead atoms. The van der Waals surface area contributed by atoms with Crippen LogP contribution >= 0.6 is 0 Å². The molecule has 2 unspecified atom stereocenters. The van der Waals surface area contributed by atoms with Crippen molar-refractivity contribution in [3.8, 4) is 0 Å². The van der Waals surface area contributed by atoms with E-state index in [2.05, 4.69) is 11.9 Å². The van der Waals surface area contributed by atoms with Gasteiger partial charge >= 0.3 is 5.97 Å². The van der Waals surface area contributed by atoms with Crippen LogP contribution in [-0.4, -0.2) is 37.7 Å². The van der Waals surface area contributed by atoms with Crippen LogP contribution in [0.2, 0.25) is 0 Å². The number of hydrogen-bond donors (Lipinski definition) is 1. The fraction of sp³-hybridized carbons (Fsp3) is 0.500. The van der Waals surface area contributed by atoms with Gasteiger partial charge in [-0.2, -0.15) is 0 Å². The van der Waals surface area contributed by atoms with Crippen LogP contribution < -0.4 is 5.32 Å². The molecule has 0 radical (unpaired) electrons. The van der Waals surface area contributed by atoms with Crippen molar-refractivity contribution in [2.24, 2.45) is 5.41 Å². The van der Waals surface area contributed by atoms with Crippen LogP contribution in [-0.2, 0) is 19.1 Å². The Balaban J connectivity index is 1.73. The maximum Gasteiger partial charge on any atom is 0.330 e. The number of rotatable bonds is 5. The lowest BCUT2D eigenvalue weighted by Crippen LogP contribution is -2.41. The second kappa shape index (κ2) is 4.71. The highest BCUT2D eigenvalue weighted by atomic mass is 16.5. The molecule has 1 amide bonds. The summed E-state index contributed by atoms with van der Waals surface area (Å²) in [5.41, 5.74) is -0.507. The van der Waals surface area contributed by atoms with Crippen LogP contribution in [0.1, 0.15) is 6.42 Å². The lowest BCUT2D eigenvalue weighted by Gasteiger charge is -2.20. The van der Waals surface area contributed by atoms with Crippen molar-refractivity contribution in [2.45, 2.75) is 12.5 Å². The minimum absolute atomic E-state index is 0.0663. The number of amides is 1. The molecule has 1 aliphatic heterocycles. The first-order chi connectivity index (χ1) is 8.16. The number of hydrogen-bond acceptors (Lipinski definition) is 4. The van der Waals surface area contributed by atoms with Gasteiger partial charge < -0.3 is 14.8 Å². The highest BCUT2D eigenvalue weighted by Crippen LogP contribution is 2.40. The minimum Gasteiger partial charge on any atom is -0.461 e. The Kier molecular flexibility index (Phi) is 3.28. The molecule has 2 rings (SSSR count). The molecular formula is C12H15NO4. The number of nitrogens with one attached hydrogen (secondary N) is 1. The Morgan fingerprint density at radius 1 is 1.65 bits per heavy atom. The van der Waals surface area contributed by atoms with Crippen LogP contribution in [0.4, 0.5) is 0 Å². The molecule has 1 saturated heterocycles. The van der Waals surface area contributed by atoms with Gasteiger partial charge in [-0.15, -0.1) is 0 Å². The first-order valence-corrected chi connectivity index (χ1v) is 5.55. The zero-order valence-electron chi connectivity index (χ0n) is 9.48. The third-order valence-electron chi connectivity index (χ3n) is 3.00. The second-order valence-corrected chi connectivity index (χ2v) is 4.20. The van der Waals surface area contributed by atoms with Crippen LogP contribution in [0.5, 0.6) is 0 Å². The van der Waals surface area contributed by atoms with E-state index in [-0.39, 0.29) is 18.6 Å². The van der Waals surface area contributed by atoms with Crippen LogP contribution in [0.25, 0.3) is 0 Å². The molecule has 0 aromatic rings. The van der Waals surface area contributed by atoms with Crippen molar-refractivity contribution in [1.82, 2.24) is 5.32 Å². The van der Waals surface area contributed by atoms with Gasteiger partial charge in [0.15, 0.2) is 0 Å². The molecule has 5 nitrogen and oxygen atoms in total. The van der Waals surface area contributed by atoms with E-state index < -0.39 is 11.4 Å². The predicted molar refractivity (Wildman–Crippen MR) is 60.1 cm³/mol. The summed E-state index contributed by atoms with van der Waals surface area (Å²) in [4.78, 5) is 22.7. The van der Waals surface area contributed by atoms with E-state index in [1.54, 1.807) is 0 Å². The molecule has 1 heterocycles. The molecule has 92 valence electrons. The number of ether oxygens (including phenoxy) is 2. The van der Waals surface area contributed by atoms with E-state index in [0.717, 1.165) is 6.08 Å². The summed E-state index contributed by atoms with van der Waals surface area (Å²) in [5, 5.41) is 2.74. The van der Waals surface area contributed by atoms with Crippen molar-refractivity contribution < 1.29 is 19.1 Å². The Hall–Kier alpha value is -1.62. The molecule has 0 aromatic heterocycles. The standard InChI is InChI=1S/C12H15NO4/c1-2-10(14)16-6-5-13-11(15)12-4-3-9(7-12)17-8-12/h2-4,9H,1,5-8H2,(H,13,15). The third-order valence-corrected chi connectivity index (χ3v) is 3.00. The molecule has 0 aromatic carbocycles. The lowest BCUT2D eigenvalue weighted by atomic mass is 9.89. The van der Waals surface area contributed by atoms with Gasteiger partial charge in [0.05, 0.1) is 24.7 Å². The predicted octanol–water partition coefficient (Wildman–Crippen LogP) is 0.177. The summed E-state index contributed by atoms with van der Waals surface area (Å²) < 4.78 is 10.2. The Morgan fingerprint density at radius 2 is 2.47 bits per heavy atom. The third kappa shape index (κ3) is 2.39. The fourth-order valence-corrected chi connectivity index (χ4v) is 2.05. The molecule has 17 heavy (non-hydrogen) atoms. The van der Waals surface area contributed by atoms with Gasteiger partial charge in [0.1, 0.15) is 6.61 Å². The molecule has 1 fully saturated rings. The molecule has 2 atom stereocenters. The van der Waals surface area contributed by atoms with E-state index in [1.807, 2.05) is 12.2 Å². The zero-order chi connectivity index (χ0) is 12.3. The van der Waals surface area contributed by atoms with Crippen molar-refractivity contribution in [3.05, 3.63) is 24.8 Å². The Bertz CT molecular complexity index is 377. The molecule has 1 N–H and O–H groups in total. The summed E-state index contributed by atoms with van der Waals surface area (Å²) in [5.74, 6) is -0.550. The van der Waals surface area contributed by atoms with Gasteiger partial charge in [0.25, 0.3) is 0 Å². The number of esters is 1. The monoisotopic (exact) mass is 237 g/mol. The number of carbonyl (C=O) groups is 2. The molecule has 1 aliphatic carbocycles. The van der Waals surface area contributed by atoms with E-state index in [1.165, 1.54) is 0 Å². The molecule has 2 aliphatic rings. The van der Waals surface area contributed by atoms with Gasteiger partial charge in [0, 0.05) is 6.08 Å². The van der Waals surface area contributed by atoms with Crippen LogP contribution in [0.15, 0.2) is 24.8 Å². The van der Waals surface area contributed by atoms with Gasteiger partial charge in [-0.1, -0.05) is 18.7 Å². The van der Waals surface area contributed by atoms with E-state index in [0.29, 0.717) is 19.6 Å². The highest BCUT2D eigenvalue weighted by molar-refractivity contribution is 5.86. The molecular weight excluding hydrogens is 222 g/mol. The quantitative estimate of drug-likeness (QED) is 0.320. The minimum atomic E-state index is -0.507. The molecule has 5 heteroatoms. The van der Waals surface area contributed by atoms with E-state index >= 15 is 0 Å². The lowest BCUT2D eigenvalue weighted by molar-refractivity contribution is -0.138. The number of carbonyl (C=O) groups excluding carboxylic acids is 2. The maximum absolute atomic E-state index is 11.9. The topological polar surface area (TPSA) is 64.6 Å². The second-order valence-electron chi connectivity index (χ2n) is 4.20. The summed E-state index contributed by atoms with van der Waals surface area (Å²) in [6.45, 7) is 4.17. The first-order valence-electron chi connectivity index (χ1n) is 5.55. The van der Waals surface area contributed by atoms with E-state index in [9.17, 15) is 9.59 Å². The summed E-state index contributed by atoms with van der Waals surface area (Å²) >= 11 is 0. The summed E-state index contributed by atoms with van der Waals surface area (Å²) in [6, 6.07) is 0. The number of fused-ring (bicyclic) bond motifs is 2. The normalized spacial score (nSPS) is 29.1. The fourth-order valence-electron chi connectivity index (χ4n) is 2.05. The largest absolute Gasteiger partial charge is 0.461 e. The van der Waals surface area contributed by atoms with E-state index in [4.69, 9.17) is 9.47 Å². The van der Waals surface area contributed by atoms with Crippen molar-refractivity contribution >= 4 is 11.9 Å². The zero-order valence-corrected chi connectivity index (χ0v) is 9.48.